The highest BCUT2D eigenvalue weighted by Gasteiger charge is 2.52. The second-order valence-corrected chi connectivity index (χ2v) is 8.23. The lowest BCUT2D eigenvalue weighted by molar-refractivity contribution is -0.136. The zero-order valence-electron chi connectivity index (χ0n) is 16.9. The Bertz CT molecular complexity index is 909. The van der Waals surface area contributed by atoms with Crippen molar-refractivity contribution in [1.82, 2.24) is 15.5 Å². The first-order chi connectivity index (χ1) is 13.9. The van der Waals surface area contributed by atoms with Crippen LogP contribution in [0.25, 0.3) is 11.0 Å². The Morgan fingerprint density at radius 1 is 1.31 bits per heavy atom. The molecule has 2 aliphatic rings. The van der Waals surface area contributed by atoms with Gasteiger partial charge in [-0.1, -0.05) is 31.5 Å². The Balaban J connectivity index is 1.39. The van der Waals surface area contributed by atoms with Gasteiger partial charge in [0.2, 0.25) is 5.91 Å². The molecular weight excluding hydrogens is 370 g/mol. The number of carbonyl (C=O) groups excluding carboxylic acids is 3. The molecule has 1 spiro atoms. The highest BCUT2D eigenvalue weighted by molar-refractivity contribution is 6.09. The average molecular weight is 397 g/mol. The van der Waals surface area contributed by atoms with Crippen LogP contribution in [0.3, 0.4) is 0 Å². The highest BCUT2D eigenvalue weighted by atomic mass is 16.3. The molecule has 0 unspecified atom stereocenters. The van der Waals surface area contributed by atoms with Gasteiger partial charge in [-0.2, -0.15) is 0 Å². The largest absolute Gasteiger partial charge is 0.459 e. The van der Waals surface area contributed by atoms with Gasteiger partial charge in [0.1, 0.15) is 23.4 Å². The fraction of sp³-hybridized carbons (Fsp3) is 0.500. The summed E-state index contributed by atoms with van der Waals surface area (Å²) in [7, 11) is 0. The zero-order valence-corrected chi connectivity index (χ0v) is 16.9. The third-order valence-electron chi connectivity index (χ3n) is 6.33. The third-order valence-corrected chi connectivity index (χ3v) is 6.33. The maximum atomic E-state index is 12.9. The van der Waals surface area contributed by atoms with Crippen LogP contribution >= 0.6 is 0 Å². The SMILES string of the molecule is CCC1CCC2(CC1)NC(=O)N(CC(=O)N[C@H](C)c1cc3ccccc3o1)C2=O. The molecule has 4 amide bonds. The molecule has 1 saturated heterocycles. The van der Waals surface area contributed by atoms with Crippen molar-refractivity contribution in [1.29, 1.82) is 0 Å². The van der Waals surface area contributed by atoms with E-state index < -0.39 is 11.6 Å². The van der Waals surface area contributed by atoms with Gasteiger partial charge in [0.15, 0.2) is 0 Å². The second-order valence-electron chi connectivity index (χ2n) is 8.23. The lowest BCUT2D eigenvalue weighted by Gasteiger charge is -2.34. The van der Waals surface area contributed by atoms with Crippen molar-refractivity contribution >= 4 is 28.8 Å². The van der Waals surface area contributed by atoms with Gasteiger partial charge in [-0.05, 0) is 50.7 Å². The maximum absolute atomic E-state index is 12.9. The molecule has 1 aliphatic heterocycles. The molecule has 1 saturated carbocycles. The van der Waals surface area contributed by atoms with Crippen molar-refractivity contribution in [2.45, 2.75) is 57.5 Å². The molecule has 0 bridgehead atoms. The molecule has 7 heteroatoms. The Hall–Kier alpha value is -2.83. The van der Waals surface area contributed by atoms with Crippen LogP contribution in [0.1, 0.15) is 57.8 Å². The van der Waals surface area contributed by atoms with Gasteiger partial charge in [0.25, 0.3) is 5.91 Å². The summed E-state index contributed by atoms with van der Waals surface area (Å²) in [5.41, 5.74) is -0.0739. The predicted octanol–water partition coefficient (Wildman–Crippen LogP) is 3.50. The van der Waals surface area contributed by atoms with E-state index in [0.29, 0.717) is 24.5 Å². The first-order valence-electron chi connectivity index (χ1n) is 10.3. The van der Waals surface area contributed by atoms with Gasteiger partial charge in [-0.25, -0.2) is 4.79 Å². The van der Waals surface area contributed by atoms with Crippen molar-refractivity contribution in [3.8, 4) is 0 Å². The molecule has 154 valence electrons. The monoisotopic (exact) mass is 397 g/mol. The van der Waals surface area contributed by atoms with Crippen molar-refractivity contribution in [2.75, 3.05) is 6.54 Å². The summed E-state index contributed by atoms with van der Waals surface area (Å²) in [6.07, 6.45) is 4.22. The molecule has 2 aromatic rings. The van der Waals surface area contributed by atoms with E-state index in [0.717, 1.165) is 35.1 Å². The molecule has 1 aromatic carbocycles. The first-order valence-corrected chi connectivity index (χ1v) is 10.3. The van der Waals surface area contributed by atoms with Crippen LogP contribution in [-0.4, -0.2) is 34.8 Å². The lowest BCUT2D eigenvalue weighted by Crippen LogP contribution is -2.50. The van der Waals surface area contributed by atoms with Crippen LogP contribution < -0.4 is 10.6 Å². The molecule has 1 aliphatic carbocycles. The smallest absolute Gasteiger partial charge is 0.325 e. The Kier molecular flexibility index (Phi) is 5.06. The third kappa shape index (κ3) is 3.61. The van der Waals surface area contributed by atoms with Gasteiger partial charge in [-0.15, -0.1) is 0 Å². The Labute approximate surface area is 169 Å². The summed E-state index contributed by atoms with van der Waals surface area (Å²) in [5, 5.41) is 6.65. The number of hydrogen-bond acceptors (Lipinski definition) is 4. The van der Waals surface area contributed by atoms with Crippen LogP contribution in [0.5, 0.6) is 0 Å². The van der Waals surface area contributed by atoms with Gasteiger partial charge < -0.3 is 15.1 Å². The molecule has 4 rings (SSSR count). The van der Waals surface area contributed by atoms with E-state index in [1.807, 2.05) is 37.3 Å². The first kappa shape index (κ1) is 19.5. The van der Waals surface area contributed by atoms with E-state index in [1.165, 1.54) is 0 Å². The molecular formula is C22H27N3O4. The Morgan fingerprint density at radius 2 is 2.03 bits per heavy atom. The number of nitrogens with one attached hydrogen (secondary N) is 2. The van der Waals surface area contributed by atoms with Crippen molar-refractivity contribution in [3.63, 3.8) is 0 Å². The minimum absolute atomic E-state index is 0.274. The summed E-state index contributed by atoms with van der Waals surface area (Å²) >= 11 is 0. The number of benzene rings is 1. The van der Waals surface area contributed by atoms with Crippen LogP contribution in [-0.2, 0) is 9.59 Å². The van der Waals surface area contributed by atoms with Gasteiger partial charge in [-0.3, -0.25) is 14.5 Å². The van der Waals surface area contributed by atoms with E-state index >= 15 is 0 Å². The molecule has 1 atom stereocenters. The minimum atomic E-state index is -0.826. The van der Waals surface area contributed by atoms with Gasteiger partial charge in [0, 0.05) is 5.39 Å². The molecule has 2 N–H and O–H groups in total. The Morgan fingerprint density at radius 3 is 2.72 bits per heavy atom. The van der Waals surface area contributed by atoms with E-state index in [9.17, 15) is 14.4 Å². The number of carbonyl (C=O) groups is 3. The summed E-state index contributed by atoms with van der Waals surface area (Å²) in [6, 6.07) is 8.66. The number of furan rings is 1. The summed E-state index contributed by atoms with van der Waals surface area (Å²) in [6.45, 7) is 3.68. The fourth-order valence-electron chi connectivity index (χ4n) is 4.45. The number of para-hydroxylation sites is 1. The van der Waals surface area contributed by atoms with Crippen LogP contribution in [0.2, 0.25) is 0 Å². The number of nitrogens with zero attached hydrogens (tertiary/aromatic N) is 1. The quantitative estimate of drug-likeness (QED) is 0.756. The number of imide groups is 1. The van der Waals surface area contributed by atoms with E-state index in [2.05, 4.69) is 17.6 Å². The maximum Gasteiger partial charge on any atom is 0.325 e. The van der Waals surface area contributed by atoms with Crippen LogP contribution in [0.4, 0.5) is 4.79 Å². The number of hydrogen-bond donors (Lipinski definition) is 2. The van der Waals surface area contributed by atoms with Crippen LogP contribution in [0, 0.1) is 5.92 Å². The van der Waals surface area contributed by atoms with Gasteiger partial charge >= 0.3 is 6.03 Å². The molecule has 2 fully saturated rings. The standard InChI is InChI=1S/C22H27N3O4/c1-3-15-8-10-22(11-9-15)20(27)25(21(28)24-22)13-19(26)23-14(2)18-12-16-6-4-5-7-17(16)29-18/h4-7,12,14-15H,3,8-11,13H2,1-2H3,(H,23,26)(H,24,28)/t14-,15?,22?/m1/s1. The minimum Gasteiger partial charge on any atom is -0.459 e. The highest BCUT2D eigenvalue weighted by Crippen LogP contribution is 2.37. The molecule has 2 heterocycles. The predicted molar refractivity (Wildman–Crippen MR) is 108 cm³/mol. The summed E-state index contributed by atoms with van der Waals surface area (Å²) < 4.78 is 5.78. The van der Waals surface area contributed by atoms with E-state index in [4.69, 9.17) is 4.42 Å². The lowest BCUT2D eigenvalue weighted by atomic mass is 9.75. The molecule has 0 radical (unpaired) electrons. The normalized spacial score (nSPS) is 25.4. The molecule has 29 heavy (non-hydrogen) atoms. The molecule has 1 aromatic heterocycles. The van der Waals surface area contributed by atoms with Crippen molar-refractivity contribution < 1.29 is 18.8 Å². The van der Waals surface area contributed by atoms with E-state index in [1.54, 1.807) is 0 Å². The topological polar surface area (TPSA) is 91.7 Å². The summed E-state index contributed by atoms with van der Waals surface area (Å²) in [5.74, 6) is 0.572. The fourth-order valence-corrected chi connectivity index (χ4v) is 4.45. The number of fused-ring (bicyclic) bond motifs is 1. The van der Waals surface area contributed by atoms with Crippen molar-refractivity contribution in [3.05, 3.63) is 36.1 Å². The number of amides is 4. The second kappa shape index (κ2) is 7.54. The van der Waals surface area contributed by atoms with Crippen LogP contribution in [0.15, 0.2) is 34.7 Å². The zero-order chi connectivity index (χ0) is 20.6. The van der Waals surface area contributed by atoms with E-state index in [-0.39, 0.29) is 24.4 Å². The summed E-state index contributed by atoms with van der Waals surface area (Å²) in [4.78, 5) is 38.9. The van der Waals surface area contributed by atoms with Gasteiger partial charge in [0.05, 0.1) is 6.04 Å². The average Bonchev–Trinajstić information content (AvgIpc) is 3.24. The van der Waals surface area contributed by atoms with Crippen molar-refractivity contribution in [2.24, 2.45) is 5.92 Å². The number of rotatable bonds is 5. The molecule has 7 nitrogen and oxygen atoms in total. The number of urea groups is 1.